The summed E-state index contributed by atoms with van der Waals surface area (Å²) in [4.78, 5) is 31.3. The van der Waals surface area contributed by atoms with Crippen molar-refractivity contribution < 1.29 is 67.0 Å². The average Bonchev–Trinajstić information content (AvgIpc) is 2.13. The zero-order chi connectivity index (χ0) is 13.4. The van der Waals surface area contributed by atoms with Gasteiger partial charge in [0, 0.05) is 0 Å². The molecule has 1 saturated heterocycles. The third kappa shape index (κ3) is 3.40. The Morgan fingerprint density at radius 2 is 2.17 bits per heavy atom. The summed E-state index contributed by atoms with van der Waals surface area (Å²) in [6.07, 6.45) is -0.0504. The molecule has 9 nitrogen and oxygen atoms in total. The van der Waals surface area contributed by atoms with Crippen molar-refractivity contribution in [2.75, 3.05) is 0 Å². The zero-order valence-electron chi connectivity index (χ0n) is 9.51. The van der Waals surface area contributed by atoms with Crippen LogP contribution in [-0.4, -0.2) is 35.7 Å². The molecule has 0 spiro atoms. The average molecular weight is 309 g/mol. The van der Waals surface area contributed by atoms with Crippen LogP contribution >= 0.6 is 7.75 Å². The maximum atomic E-state index is 11.4. The molecule has 0 saturated carbocycles. The van der Waals surface area contributed by atoms with Crippen LogP contribution in [0, 0.1) is 5.92 Å². The van der Waals surface area contributed by atoms with Crippen molar-refractivity contribution in [2.24, 2.45) is 5.92 Å². The SMILES string of the molecule is CC[C@H]1C(=O)OP(=O)(O)N(S(=O)O)[C@@H]1C(=O)[O-].[Na+]. The van der Waals surface area contributed by atoms with Crippen molar-refractivity contribution in [3.8, 4) is 0 Å². The van der Waals surface area contributed by atoms with Crippen LogP contribution in [0.4, 0.5) is 0 Å². The Hall–Kier alpha value is 0.200. The van der Waals surface area contributed by atoms with E-state index in [9.17, 15) is 28.4 Å². The summed E-state index contributed by atoms with van der Waals surface area (Å²) in [5, 5.41) is 10.8. The van der Waals surface area contributed by atoms with Crippen LogP contribution in [0.25, 0.3) is 0 Å². The molecule has 1 rings (SSSR count). The van der Waals surface area contributed by atoms with Gasteiger partial charge in [-0.2, -0.15) is 0 Å². The predicted octanol–water partition coefficient (Wildman–Crippen LogP) is -4.77. The van der Waals surface area contributed by atoms with Gasteiger partial charge in [-0.05, 0) is 6.42 Å². The number of carboxylic acid groups (broad SMARTS) is 1. The van der Waals surface area contributed by atoms with E-state index in [4.69, 9.17) is 4.55 Å². The normalized spacial score (nSPS) is 34.3. The first kappa shape index (κ1) is 18.2. The molecule has 18 heavy (non-hydrogen) atoms. The minimum absolute atomic E-state index is 0. The summed E-state index contributed by atoms with van der Waals surface area (Å²) in [6.45, 7) is 1.42. The molecule has 0 aromatic heterocycles. The first-order valence-corrected chi connectivity index (χ1v) is 6.99. The van der Waals surface area contributed by atoms with E-state index >= 15 is 0 Å². The van der Waals surface area contributed by atoms with E-state index in [1.807, 2.05) is 0 Å². The van der Waals surface area contributed by atoms with Gasteiger partial charge in [0.1, 0.15) is 0 Å². The number of aliphatic carboxylic acids is 1. The summed E-state index contributed by atoms with van der Waals surface area (Å²) >= 11 is -3.09. The minimum atomic E-state index is -4.96. The fraction of sp³-hybridized carbons (Fsp3) is 0.667. The maximum Gasteiger partial charge on any atom is 1.00 e. The number of hydrogen-bond acceptors (Lipinski definition) is 6. The van der Waals surface area contributed by atoms with E-state index in [0.717, 1.165) is 0 Å². The van der Waals surface area contributed by atoms with Gasteiger partial charge in [0.25, 0.3) is 0 Å². The molecule has 0 aliphatic carbocycles. The minimum Gasteiger partial charge on any atom is -0.548 e. The van der Waals surface area contributed by atoms with Gasteiger partial charge in [-0.1, -0.05) is 11.0 Å². The van der Waals surface area contributed by atoms with Crippen molar-refractivity contribution >= 4 is 31.0 Å². The first-order chi connectivity index (χ1) is 7.72. The third-order valence-corrected chi connectivity index (χ3v) is 4.97. The molecule has 0 aromatic carbocycles. The Morgan fingerprint density at radius 1 is 1.67 bits per heavy atom. The molecule has 98 valence electrons. The van der Waals surface area contributed by atoms with E-state index in [0.29, 0.717) is 0 Å². The largest absolute Gasteiger partial charge is 1.00 e. The van der Waals surface area contributed by atoms with Crippen LogP contribution in [0.3, 0.4) is 0 Å². The molecule has 0 radical (unpaired) electrons. The van der Waals surface area contributed by atoms with Crippen LogP contribution in [0.1, 0.15) is 13.3 Å². The quantitative estimate of drug-likeness (QED) is 0.300. The molecule has 0 amide bonds. The van der Waals surface area contributed by atoms with E-state index in [1.165, 1.54) is 6.92 Å². The van der Waals surface area contributed by atoms with Crippen LogP contribution < -0.4 is 34.7 Å². The number of carboxylic acids is 1. The Morgan fingerprint density at radius 3 is 2.50 bits per heavy atom. The van der Waals surface area contributed by atoms with Crippen LogP contribution in [-0.2, 0) is 29.9 Å². The van der Waals surface area contributed by atoms with Crippen molar-refractivity contribution in [1.82, 2.24) is 4.08 Å². The van der Waals surface area contributed by atoms with Gasteiger partial charge in [0.2, 0.25) is 11.3 Å². The third-order valence-electron chi connectivity index (χ3n) is 2.22. The molecule has 0 aromatic rings. The Bertz CT molecular complexity index is 430. The van der Waals surface area contributed by atoms with Gasteiger partial charge in [-0.3, -0.25) is 9.35 Å². The molecular weight excluding hydrogens is 300 g/mol. The molecule has 2 unspecified atom stereocenters. The van der Waals surface area contributed by atoms with Crippen LogP contribution in [0.2, 0.25) is 0 Å². The number of carbonyl (C=O) groups is 2. The smallest absolute Gasteiger partial charge is 0.548 e. The summed E-state index contributed by atoms with van der Waals surface area (Å²) in [5.74, 6) is -4.45. The molecule has 1 fully saturated rings. The number of carbonyl (C=O) groups excluding carboxylic acids is 2. The maximum absolute atomic E-state index is 11.4. The van der Waals surface area contributed by atoms with Crippen molar-refractivity contribution in [3.63, 3.8) is 0 Å². The number of hydrogen-bond donors (Lipinski definition) is 2. The van der Waals surface area contributed by atoms with Gasteiger partial charge >= 0.3 is 43.3 Å². The fourth-order valence-corrected chi connectivity index (χ4v) is 3.75. The van der Waals surface area contributed by atoms with Gasteiger partial charge in [-0.25, -0.2) is 8.77 Å². The van der Waals surface area contributed by atoms with Gasteiger partial charge < -0.3 is 19.3 Å². The van der Waals surface area contributed by atoms with Crippen molar-refractivity contribution in [3.05, 3.63) is 0 Å². The topological polar surface area (TPSA) is 144 Å². The standard InChI is InChI=1S/C6H10NO8PS.Na/c1-2-3-4(5(8)9)7(17(13)14)16(11,12)15-6(3)10;/h3-4H,2H2,1H3,(H,8,9)(H,11,12)(H,13,14);/q;+1/p-1/t3-,4+;/m1./s1. The molecule has 1 aliphatic heterocycles. The Labute approximate surface area is 127 Å². The second-order valence-corrected chi connectivity index (χ2v) is 5.93. The van der Waals surface area contributed by atoms with Gasteiger partial charge in [-0.15, -0.1) is 0 Å². The molecular formula is C6H9NNaO8PS. The van der Waals surface area contributed by atoms with Gasteiger partial charge in [0.15, 0.2) is 0 Å². The van der Waals surface area contributed by atoms with Crippen LogP contribution in [0.5, 0.6) is 0 Å². The molecule has 1 heterocycles. The molecule has 2 N–H and O–H groups in total. The van der Waals surface area contributed by atoms with E-state index in [1.54, 1.807) is 0 Å². The monoisotopic (exact) mass is 309 g/mol. The van der Waals surface area contributed by atoms with E-state index in [-0.39, 0.29) is 40.1 Å². The van der Waals surface area contributed by atoms with Crippen molar-refractivity contribution in [1.29, 1.82) is 0 Å². The fourth-order valence-electron chi connectivity index (χ4n) is 1.49. The summed E-state index contributed by atoms with van der Waals surface area (Å²) < 4.78 is 35.0. The zero-order valence-corrected chi connectivity index (χ0v) is 13.2. The van der Waals surface area contributed by atoms with Crippen LogP contribution in [0.15, 0.2) is 0 Å². The van der Waals surface area contributed by atoms with Crippen molar-refractivity contribution in [2.45, 2.75) is 19.4 Å². The number of rotatable bonds is 3. The molecule has 1 aliphatic rings. The summed E-state index contributed by atoms with van der Waals surface area (Å²) in [6, 6.07) is -1.98. The summed E-state index contributed by atoms with van der Waals surface area (Å²) in [5.41, 5.74) is 0. The predicted molar refractivity (Wildman–Crippen MR) is 51.1 cm³/mol. The second-order valence-electron chi connectivity index (χ2n) is 3.21. The first-order valence-electron chi connectivity index (χ1n) is 4.40. The molecule has 4 atom stereocenters. The molecule has 0 bridgehead atoms. The van der Waals surface area contributed by atoms with E-state index in [2.05, 4.69) is 4.52 Å². The van der Waals surface area contributed by atoms with E-state index < -0.39 is 42.9 Å². The Kier molecular flexibility index (Phi) is 6.65. The Balaban J connectivity index is 0.00000289. The second kappa shape index (κ2) is 6.58. The van der Waals surface area contributed by atoms with Gasteiger partial charge in [0.05, 0.1) is 17.9 Å². The number of nitrogens with zero attached hydrogens (tertiary/aromatic N) is 1. The molecule has 12 heteroatoms. The summed E-state index contributed by atoms with van der Waals surface area (Å²) in [7, 11) is -4.96.